The normalized spacial score (nSPS) is 17.1. The minimum Gasteiger partial charge on any atom is -0.344 e. The molecule has 1 fully saturated rings. The molecule has 1 aliphatic heterocycles. The highest BCUT2D eigenvalue weighted by molar-refractivity contribution is 5.93. The Morgan fingerprint density at radius 3 is 2.00 bits per heavy atom. The molecule has 1 heterocycles. The van der Waals surface area contributed by atoms with Crippen LogP contribution in [-0.2, 0) is 19.8 Å². The molecule has 1 aromatic rings. The summed E-state index contributed by atoms with van der Waals surface area (Å²) in [4.78, 5) is 44.3. The average Bonchev–Trinajstić information content (AvgIpc) is 3.32. The summed E-state index contributed by atoms with van der Waals surface area (Å²) in [7, 11) is 1.71. The Bertz CT molecular complexity index is 867. The van der Waals surface area contributed by atoms with Crippen molar-refractivity contribution in [1.29, 1.82) is 0 Å². The Kier molecular flexibility index (Phi) is 9.55. The van der Waals surface area contributed by atoms with Gasteiger partial charge in [0.05, 0.1) is 0 Å². The van der Waals surface area contributed by atoms with Gasteiger partial charge in [-0.2, -0.15) is 0 Å². The van der Waals surface area contributed by atoms with Crippen LogP contribution in [0.4, 0.5) is 0 Å². The molecule has 0 spiro atoms. The van der Waals surface area contributed by atoms with E-state index in [0.717, 1.165) is 31.5 Å². The van der Waals surface area contributed by atoms with E-state index in [4.69, 9.17) is 0 Å². The molecular formula is C29H47N3O3. The van der Waals surface area contributed by atoms with Crippen LogP contribution in [0.15, 0.2) is 30.3 Å². The highest BCUT2D eigenvalue weighted by Gasteiger charge is 2.43. The van der Waals surface area contributed by atoms with Gasteiger partial charge in [-0.1, -0.05) is 85.7 Å². The van der Waals surface area contributed by atoms with Crippen LogP contribution < -0.4 is 5.32 Å². The first kappa shape index (κ1) is 28.9. The molecule has 0 bridgehead atoms. The standard InChI is InChI=1S/C29H47N3O3/c1-10-22(29(7,8)21-16-12-11-13-17-21)25(33)30-24(28(4,5)6)27(35)31(9)23(20(2)3)26(34)32-18-14-15-19-32/h11-13,16-17,20,22-24H,10,14-15,18-19H2,1-9H3,(H,30,33)/t22-,23?,24-/m1/s1. The average molecular weight is 486 g/mol. The van der Waals surface area contributed by atoms with Gasteiger partial charge in [-0.15, -0.1) is 0 Å². The van der Waals surface area contributed by atoms with E-state index in [9.17, 15) is 14.4 Å². The van der Waals surface area contributed by atoms with Crippen LogP contribution in [0.5, 0.6) is 0 Å². The zero-order valence-electron chi connectivity index (χ0n) is 23.4. The van der Waals surface area contributed by atoms with Crippen LogP contribution >= 0.6 is 0 Å². The zero-order valence-corrected chi connectivity index (χ0v) is 23.4. The van der Waals surface area contributed by atoms with Crippen LogP contribution in [0.3, 0.4) is 0 Å². The first-order valence-electron chi connectivity index (χ1n) is 13.1. The fourth-order valence-corrected chi connectivity index (χ4v) is 5.35. The fourth-order valence-electron chi connectivity index (χ4n) is 5.35. The molecule has 0 saturated carbocycles. The summed E-state index contributed by atoms with van der Waals surface area (Å²) in [6, 6.07) is 8.75. The van der Waals surface area contributed by atoms with Gasteiger partial charge in [-0.05, 0) is 36.2 Å². The van der Waals surface area contributed by atoms with E-state index in [0.29, 0.717) is 6.42 Å². The Morgan fingerprint density at radius 1 is 1.00 bits per heavy atom. The van der Waals surface area contributed by atoms with Crippen molar-refractivity contribution >= 4 is 17.7 Å². The number of nitrogens with one attached hydrogen (secondary N) is 1. The number of rotatable bonds is 9. The first-order valence-corrected chi connectivity index (χ1v) is 13.1. The van der Waals surface area contributed by atoms with Crippen molar-refractivity contribution in [3.63, 3.8) is 0 Å². The summed E-state index contributed by atoms with van der Waals surface area (Å²) in [5.41, 5.74) is 0.173. The number of likely N-dealkylation sites (tertiary alicyclic amines) is 1. The van der Waals surface area contributed by atoms with Crippen molar-refractivity contribution in [2.45, 2.75) is 92.2 Å². The molecule has 0 radical (unpaired) electrons. The van der Waals surface area contributed by atoms with E-state index in [1.54, 1.807) is 11.9 Å². The van der Waals surface area contributed by atoms with Crippen LogP contribution in [0.1, 0.15) is 80.2 Å². The number of hydrogen-bond donors (Lipinski definition) is 1. The van der Waals surface area contributed by atoms with Crippen LogP contribution in [0.2, 0.25) is 0 Å². The first-order chi connectivity index (χ1) is 16.2. The van der Waals surface area contributed by atoms with Gasteiger partial charge in [0, 0.05) is 31.5 Å². The molecule has 0 aliphatic carbocycles. The lowest BCUT2D eigenvalue weighted by Crippen LogP contribution is -2.60. The van der Waals surface area contributed by atoms with Gasteiger partial charge in [0.2, 0.25) is 17.7 Å². The maximum absolute atomic E-state index is 13.9. The Morgan fingerprint density at radius 2 is 1.54 bits per heavy atom. The fraction of sp³-hybridized carbons (Fsp3) is 0.690. The minimum atomic E-state index is -0.742. The number of benzene rings is 1. The molecule has 1 saturated heterocycles. The van der Waals surface area contributed by atoms with E-state index >= 15 is 0 Å². The minimum absolute atomic E-state index is 0.00369. The maximum Gasteiger partial charge on any atom is 0.246 e. The molecule has 6 heteroatoms. The van der Waals surface area contributed by atoms with Gasteiger partial charge >= 0.3 is 0 Å². The highest BCUT2D eigenvalue weighted by atomic mass is 16.2. The second-order valence-electron chi connectivity index (χ2n) is 12.0. The molecule has 3 amide bonds. The SMILES string of the molecule is CC[C@H](C(=O)N[C@H](C(=O)N(C)C(C(=O)N1CCCC1)C(C)C)C(C)(C)C)C(C)(C)c1ccccc1. The molecule has 3 atom stereocenters. The lowest BCUT2D eigenvalue weighted by Gasteiger charge is -2.40. The third kappa shape index (κ3) is 6.65. The molecule has 2 rings (SSSR count). The van der Waals surface area contributed by atoms with Gasteiger partial charge in [0.1, 0.15) is 12.1 Å². The van der Waals surface area contributed by atoms with E-state index < -0.39 is 22.9 Å². The molecular weight excluding hydrogens is 438 g/mol. The van der Waals surface area contributed by atoms with Gasteiger partial charge in [-0.3, -0.25) is 14.4 Å². The maximum atomic E-state index is 13.9. The number of amides is 3. The molecule has 35 heavy (non-hydrogen) atoms. The largest absolute Gasteiger partial charge is 0.344 e. The van der Waals surface area contributed by atoms with Crippen LogP contribution in [0.25, 0.3) is 0 Å². The molecule has 6 nitrogen and oxygen atoms in total. The lowest BCUT2D eigenvalue weighted by atomic mass is 9.71. The van der Waals surface area contributed by atoms with Gasteiger partial charge in [-0.25, -0.2) is 0 Å². The monoisotopic (exact) mass is 485 g/mol. The topological polar surface area (TPSA) is 69.7 Å². The molecule has 1 aliphatic rings. The van der Waals surface area contributed by atoms with Crippen molar-refractivity contribution < 1.29 is 14.4 Å². The van der Waals surface area contributed by atoms with Crippen molar-refractivity contribution in [2.75, 3.05) is 20.1 Å². The number of hydrogen-bond acceptors (Lipinski definition) is 3. The van der Waals surface area contributed by atoms with Gasteiger partial charge in [0.15, 0.2) is 0 Å². The van der Waals surface area contributed by atoms with Gasteiger partial charge < -0.3 is 15.1 Å². The summed E-state index contributed by atoms with van der Waals surface area (Å²) < 4.78 is 0. The number of carbonyl (C=O) groups is 3. The molecule has 0 aromatic heterocycles. The molecule has 1 aromatic carbocycles. The highest BCUT2D eigenvalue weighted by Crippen LogP contribution is 2.35. The van der Waals surface area contributed by atoms with Crippen LogP contribution in [-0.4, -0.2) is 59.7 Å². The van der Waals surface area contributed by atoms with Gasteiger partial charge in [0.25, 0.3) is 0 Å². The van der Waals surface area contributed by atoms with Crippen molar-refractivity contribution in [1.82, 2.24) is 15.1 Å². The third-order valence-corrected chi connectivity index (χ3v) is 7.58. The summed E-state index contributed by atoms with van der Waals surface area (Å²) in [5, 5.41) is 3.11. The van der Waals surface area contributed by atoms with Crippen LogP contribution in [0, 0.1) is 17.3 Å². The van der Waals surface area contributed by atoms with E-state index in [1.807, 2.05) is 76.8 Å². The van der Waals surface area contributed by atoms with E-state index in [1.165, 1.54) is 0 Å². The number of carbonyl (C=O) groups excluding carboxylic acids is 3. The Balaban J connectivity index is 2.30. The second-order valence-corrected chi connectivity index (χ2v) is 12.0. The summed E-state index contributed by atoms with van der Waals surface area (Å²) >= 11 is 0. The summed E-state index contributed by atoms with van der Waals surface area (Å²) in [6.45, 7) is 17.5. The number of likely N-dealkylation sites (N-methyl/N-ethyl adjacent to an activating group) is 1. The smallest absolute Gasteiger partial charge is 0.246 e. The quantitative estimate of drug-likeness (QED) is 0.555. The molecule has 1 N–H and O–H groups in total. The second kappa shape index (κ2) is 11.6. The van der Waals surface area contributed by atoms with Crippen molar-refractivity contribution in [3.8, 4) is 0 Å². The lowest BCUT2D eigenvalue weighted by molar-refractivity contribution is -0.149. The third-order valence-electron chi connectivity index (χ3n) is 7.58. The zero-order chi connectivity index (χ0) is 26.6. The van der Waals surface area contributed by atoms with E-state index in [2.05, 4.69) is 19.2 Å². The predicted octanol–water partition coefficient (Wildman–Crippen LogP) is 4.63. The summed E-state index contributed by atoms with van der Waals surface area (Å²) in [6.07, 6.45) is 2.66. The molecule has 1 unspecified atom stereocenters. The number of nitrogens with zero attached hydrogens (tertiary/aromatic N) is 2. The predicted molar refractivity (Wildman–Crippen MR) is 142 cm³/mol. The molecule has 196 valence electrons. The Hall–Kier alpha value is -2.37. The summed E-state index contributed by atoms with van der Waals surface area (Å²) in [5.74, 6) is -0.683. The Labute approximate surface area is 212 Å². The van der Waals surface area contributed by atoms with Crippen molar-refractivity contribution in [2.24, 2.45) is 17.3 Å². The van der Waals surface area contributed by atoms with E-state index in [-0.39, 0.29) is 29.6 Å². The van der Waals surface area contributed by atoms with Crippen molar-refractivity contribution in [3.05, 3.63) is 35.9 Å².